The molecule has 0 aliphatic rings. The van der Waals surface area contributed by atoms with Crippen molar-refractivity contribution in [1.82, 2.24) is 4.57 Å². The monoisotopic (exact) mass is 518 g/mol. The third-order valence-corrected chi connectivity index (χ3v) is 6.60. The van der Waals surface area contributed by atoms with Crippen molar-refractivity contribution in [3.05, 3.63) is 66.4 Å². The zero-order chi connectivity index (χ0) is 27.7. The molecular weight excluding hydrogens is 476 g/mol. The molecule has 204 valence electrons. The molecule has 0 saturated carbocycles. The highest BCUT2D eigenvalue weighted by Crippen LogP contribution is 2.32. The van der Waals surface area contributed by atoms with Gasteiger partial charge >= 0.3 is 5.97 Å². The Morgan fingerprint density at radius 3 is 2.39 bits per heavy atom. The number of carbonyl (C=O) groups excluding carboxylic acids is 1. The topological polar surface area (TPSA) is 80.6 Å². The average Bonchev–Trinajstić information content (AvgIpc) is 3.28. The van der Waals surface area contributed by atoms with Crippen LogP contribution in [0.1, 0.15) is 78.3 Å². The number of carboxylic acids is 1. The van der Waals surface area contributed by atoms with Gasteiger partial charge in [0.05, 0.1) is 12.3 Å². The quantitative estimate of drug-likeness (QED) is 0.168. The van der Waals surface area contributed by atoms with Gasteiger partial charge in [0, 0.05) is 35.6 Å². The van der Waals surface area contributed by atoms with E-state index in [0.717, 1.165) is 30.4 Å². The molecule has 0 spiro atoms. The molecule has 0 aliphatic carbocycles. The fourth-order valence-corrected chi connectivity index (χ4v) is 4.91. The van der Waals surface area contributed by atoms with Gasteiger partial charge in [-0.05, 0) is 79.0 Å². The van der Waals surface area contributed by atoms with Crippen LogP contribution < -0.4 is 10.1 Å². The Bertz CT molecular complexity index is 1250. The standard InChI is InChI=1S/C32H42N2O4/c1-6-24(21-31(35)33-28-10-7-8-11-30(28)38-17-9-12-32(36)37)25-13-14-29-26(20-25)15-16-34(29)27(18-22(2)3)19-23(4)5/h7-8,10-11,13-16,20-23,27H,6,9,12,17-19H2,1-5H3,(H,33,35)(H,36,37)/b24-21+. The molecular formula is C32H42N2O4. The molecule has 0 unspecified atom stereocenters. The molecule has 2 aromatic carbocycles. The lowest BCUT2D eigenvalue weighted by molar-refractivity contribution is -0.137. The molecule has 2 N–H and O–H groups in total. The zero-order valence-electron chi connectivity index (χ0n) is 23.4. The van der Waals surface area contributed by atoms with E-state index in [-0.39, 0.29) is 18.9 Å². The minimum absolute atomic E-state index is 0.0426. The van der Waals surface area contributed by atoms with Crippen LogP contribution >= 0.6 is 0 Å². The first-order valence-corrected chi connectivity index (χ1v) is 13.7. The minimum atomic E-state index is -0.854. The number of aliphatic carboxylic acids is 1. The van der Waals surface area contributed by atoms with Gasteiger partial charge in [-0.2, -0.15) is 0 Å². The first kappa shape index (κ1) is 29.0. The van der Waals surface area contributed by atoms with E-state index in [4.69, 9.17) is 9.84 Å². The van der Waals surface area contributed by atoms with Gasteiger partial charge in [-0.1, -0.05) is 52.8 Å². The summed E-state index contributed by atoms with van der Waals surface area (Å²) in [5, 5.41) is 12.9. The number of nitrogens with zero attached hydrogens (tertiary/aromatic N) is 1. The van der Waals surface area contributed by atoms with Crippen LogP contribution in [0.4, 0.5) is 5.69 Å². The number of ether oxygens (including phenoxy) is 1. The predicted molar refractivity (Wildman–Crippen MR) is 156 cm³/mol. The summed E-state index contributed by atoms with van der Waals surface area (Å²) in [6, 6.07) is 16.3. The highest BCUT2D eigenvalue weighted by atomic mass is 16.5. The normalized spacial score (nSPS) is 12.1. The SMILES string of the molecule is CC/C(=C\C(=O)Nc1ccccc1OCCCC(=O)O)c1ccc2c(ccn2C(CC(C)C)CC(C)C)c1. The Morgan fingerprint density at radius 2 is 1.74 bits per heavy atom. The van der Waals surface area contributed by atoms with Crippen LogP contribution in [0.15, 0.2) is 60.8 Å². The Labute approximate surface area is 226 Å². The highest BCUT2D eigenvalue weighted by Gasteiger charge is 2.17. The number of rotatable bonds is 14. The van der Waals surface area contributed by atoms with Gasteiger partial charge in [0.15, 0.2) is 0 Å². The predicted octanol–water partition coefficient (Wildman–Crippen LogP) is 7.95. The van der Waals surface area contributed by atoms with Crippen molar-refractivity contribution in [2.75, 3.05) is 11.9 Å². The molecule has 0 atom stereocenters. The van der Waals surface area contributed by atoms with E-state index < -0.39 is 5.97 Å². The molecule has 1 amide bonds. The van der Waals surface area contributed by atoms with Gasteiger partial charge < -0.3 is 19.7 Å². The van der Waals surface area contributed by atoms with Gasteiger partial charge in [-0.25, -0.2) is 0 Å². The van der Waals surface area contributed by atoms with Gasteiger partial charge in [-0.3, -0.25) is 9.59 Å². The number of amides is 1. The van der Waals surface area contributed by atoms with E-state index in [9.17, 15) is 9.59 Å². The minimum Gasteiger partial charge on any atom is -0.491 e. The second kappa shape index (κ2) is 13.8. The number of anilines is 1. The molecule has 6 nitrogen and oxygen atoms in total. The summed E-state index contributed by atoms with van der Waals surface area (Å²) in [7, 11) is 0. The molecule has 3 aromatic rings. The number of fused-ring (bicyclic) bond motifs is 1. The Kier molecular flexibility index (Phi) is 10.6. The summed E-state index contributed by atoms with van der Waals surface area (Å²) < 4.78 is 8.15. The number of carbonyl (C=O) groups is 2. The van der Waals surface area contributed by atoms with Crippen molar-refractivity contribution in [2.24, 2.45) is 11.8 Å². The van der Waals surface area contributed by atoms with Gasteiger partial charge in [0.2, 0.25) is 5.91 Å². The highest BCUT2D eigenvalue weighted by molar-refractivity contribution is 6.05. The Hall–Kier alpha value is -3.54. The molecule has 1 aromatic heterocycles. The fourth-order valence-electron chi connectivity index (χ4n) is 4.91. The summed E-state index contributed by atoms with van der Waals surface area (Å²) >= 11 is 0. The zero-order valence-corrected chi connectivity index (χ0v) is 23.4. The maximum absolute atomic E-state index is 13.0. The third kappa shape index (κ3) is 8.23. The van der Waals surface area contributed by atoms with E-state index in [1.54, 1.807) is 18.2 Å². The smallest absolute Gasteiger partial charge is 0.303 e. The molecule has 0 fully saturated rings. The number of hydrogen-bond donors (Lipinski definition) is 2. The summed E-state index contributed by atoms with van der Waals surface area (Å²) in [4.78, 5) is 23.7. The van der Waals surface area contributed by atoms with Crippen LogP contribution in [-0.2, 0) is 9.59 Å². The van der Waals surface area contributed by atoms with Crippen molar-refractivity contribution >= 4 is 34.0 Å². The van der Waals surface area contributed by atoms with E-state index >= 15 is 0 Å². The van der Waals surface area contributed by atoms with Crippen molar-refractivity contribution in [2.45, 2.75) is 72.8 Å². The summed E-state index contributed by atoms with van der Waals surface area (Å²) in [6.45, 7) is 11.4. The summed E-state index contributed by atoms with van der Waals surface area (Å²) in [6.07, 6.45) is 7.32. The van der Waals surface area contributed by atoms with Crippen LogP contribution in [-0.4, -0.2) is 28.2 Å². The average molecular weight is 519 g/mol. The van der Waals surface area contributed by atoms with Crippen LogP contribution in [0, 0.1) is 11.8 Å². The number of allylic oxidation sites excluding steroid dienone is 1. The first-order valence-electron chi connectivity index (χ1n) is 13.7. The summed E-state index contributed by atoms with van der Waals surface area (Å²) in [5.74, 6) is 0.703. The lowest BCUT2D eigenvalue weighted by Gasteiger charge is -2.24. The van der Waals surface area contributed by atoms with Gasteiger partial charge in [0.1, 0.15) is 5.75 Å². The van der Waals surface area contributed by atoms with Crippen LogP contribution in [0.5, 0.6) is 5.75 Å². The van der Waals surface area contributed by atoms with E-state index in [2.05, 4.69) is 75.0 Å². The van der Waals surface area contributed by atoms with Gasteiger partial charge in [0.25, 0.3) is 0 Å². The number of nitrogens with one attached hydrogen (secondary N) is 1. The molecule has 38 heavy (non-hydrogen) atoms. The number of carboxylic acid groups (broad SMARTS) is 1. The van der Waals surface area contributed by atoms with E-state index in [0.29, 0.717) is 35.7 Å². The lowest BCUT2D eigenvalue weighted by Crippen LogP contribution is -2.13. The second-order valence-electron chi connectivity index (χ2n) is 10.8. The molecule has 1 heterocycles. The maximum Gasteiger partial charge on any atom is 0.303 e. The molecule has 3 rings (SSSR count). The lowest BCUT2D eigenvalue weighted by atomic mass is 9.95. The Balaban J connectivity index is 1.77. The van der Waals surface area contributed by atoms with Crippen LogP contribution in [0.25, 0.3) is 16.5 Å². The Morgan fingerprint density at radius 1 is 1.03 bits per heavy atom. The molecule has 6 heteroatoms. The van der Waals surface area contributed by atoms with Gasteiger partial charge in [-0.15, -0.1) is 0 Å². The number of benzene rings is 2. The third-order valence-electron chi connectivity index (χ3n) is 6.60. The van der Waals surface area contributed by atoms with Crippen LogP contribution in [0.2, 0.25) is 0 Å². The molecule has 0 aliphatic heterocycles. The van der Waals surface area contributed by atoms with Crippen molar-refractivity contribution in [3.8, 4) is 5.75 Å². The van der Waals surface area contributed by atoms with Crippen LogP contribution in [0.3, 0.4) is 0 Å². The van der Waals surface area contributed by atoms with Crippen molar-refractivity contribution < 1.29 is 19.4 Å². The molecule has 0 radical (unpaired) electrons. The second-order valence-corrected chi connectivity index (χ2v) is 10.8. The molecule has 0 saturated heterocycles. The maximum atomic E-state index is 13.0. The molecule has 0 bridgehead atoms. The van der Waals surface area contributed by atoms with E-state index in [1.807, 2.05) is 12.1 Å². The number of para-hydroxylation sites is 2. The largest absolute Gasteiger partial charge is 0.491 e. The first-order chi connectivity index (χ1) is 18.2. The number of hydrogen-bond acceptors (Lipinski definition) is 3. The number of aromatic nitrogens is 1. The summed E-state index contributed by atoms with van der Waals surface area (Å²) in [5.41, 5.74) is 3.79. The van der Waals surface area contributed by atoms with Crippen molar-refractivity contribution in [1.29, 1.82) is 0 Å². The van der Waals surface area contributed by atoms with Crippen molar-refractivity contribution in [3.63, 3.8) is 0 Å². The fraction of sp³-hybridized carbons (Fsp3) is 0.438. The van der Waals surface area contributed by atoms with E-state index in [1.165, 1.54) is 10.9 Å².